The zero-order chi connectivity index (χ0) is 34.1. The lowest BCUT2D eigenvalue weighted by Crippen LogP contribution is -2.39. The second kappa shape index (κ2) is 15.4. The minimum Gasteiger partial charge on any atom is -0.382 e. The molecule has 264 valence electrons. The zero-order valence-electron chi connectivity index (χ0n) is 30.5. The Labute approximate surface area is 295 Å². The highest BCUT2D eigenvalue weighted by Crippen LogP contribution is 2.54. The molecule has 0 amide bonds. The fraction of sp³-hybridized carbons (Fsp3) is 0.775. The first-order chi connectivity index (χ1) is 22.3. The minimum absolute atomic E-state index is 0.0138. The fourth-order valence-electron chi connectivity index (χ4n) is 9.68. The molecule has 47 heavy (non-hydrogen) atoms. The second-order valence-corrected chi connectivity index (χ2v) is 17.6. The van der Waals surface area contributed by atoms with Gasteiger partial charge >= 0.3 is 0 Å². The van der Waals surface area contributed by atoms with Crippen molar-refractivity contribution in [1.29, 1.82) is 0 Å². The summed E-state index contributed by atoms with van der Waals surface area (Å²) < 4.78 is 30.2. The van der Waals surface area contributed by atoms with Gasteiger partial charge in [-0.3, -0.25) is 0 Å². The molecule has 4 nitrogen and oxygen atoms in total. The molecule has 8 atom stereocenters. The summed E-state index contributed by atoms with van der Waals surface area (Å²) >= 11 is 13.5. The van der Waals surface area contributed by atoms with Gasteiger partial charge in [0.15, 0.2) is 11.8 Å². The third-order valence-corrected chi connectivity index (χ3v) is 13.6. The van der Waals surface area contributed by atoms with Crippen LogP contribution in [0.3, 0.4) is 0 Å². The second-order valence-electron chi connectivity index (χ2n) is 16.3. The van der Waals surface area contributed by atoms with Crippen LogP contribution in [0, 0.1) is 22.7 Å². The number of hydrogen-bond donors (Lipinski definition) is 0. The van der Waals surface area contributed by atoms with Gasteiger partial charge in [-0.25, -0.2) is 8.97 Å². The summed E-state index contributed by atoms with van der Waals surface area (Å²) in [6.07, 6.45) is 20.0. The normalized spacial score (nSPS) is 35.3. The van der Waals surface area contributed by atoms with Gasteiger partial charge in [-0.15, -0.1) is 23.2 Å². The maximum Gasteiger partial charge on any atom is 0.182 e. The van der Waals surface area contributed by atoms with Crippen molar-refractivity contribution in [3.8, 4) is 0 Å². The summed E-state index contributed by atoms with van der Waals surface area (Å²) in [7, 11) is 3.58. The monoisotopic (exact) mass is 691 g/mol. The SMILES string of the molecule is COC(C)CCN1/C(=C/C=C2\CCCC(/C=C/C3=[N+](CCC(C)OC)C4CC(Cl)CCC4C3(C)C)=C2F)C(C)(C)C2CCC(Cl)CC21. The maximum absolute atomic E-state index is 16.4. The Morgan fingerprint density at radius 3 is 2.23 bits per heavy atom. The lowest BCUT2D eigenvalue weighted by molar-refractivity contribution is -0.567. The number of alkyl halides is 2. The number of fused-ring (bicyclic) bond motifs is 2. The van der Waals surface area contributed by atoms with E-state index in [9.17, 15) is 0 Å². The summed E-state index contributed by atoms with van der Waals surface area (Å²) in [5.41, 5.74) is 4.34. The molecule has 0 aromatic rings. The van der Waals surface area contributed by atoms with Crippen LogP contribution in [-0.4, -0.2) is 77.5 Å². The Morgan fingerprint density at radius 2 is 1.53 bits per heavy atom. The van der Waals surface area contributed by atoms with E-state index in [0.717, 1.165) is 94.9 Å². The van der Waals surface area contributed by atoms with Gasteiger partial charge < -0.3 is 14.4 Å². The van der Waals surface area contributed by atoms with E-state index in [4.69, 9.17) is 32.7 Å². The molecule has 3 fully saturated rings. The molecule has 2 heterocycles. The lowest BCUT2D eigenvalue weighted by atomic mass is 9.69. The predicted molar refractivity (Wildman–Crippen MR) is 195 cm³/mol. The highest BCUT2D eigenvalue weighted by atomic mass is 35.5. The van der Waals surface area contributed by atoms with Crippen LogP contribution in [0.2, 0.25) is 0 Å². The van der Waals surface area contributed by atoms with Crippen molar-refractivity contribution < 1.29 is 18.4 Å². The molecule has 0 radical (unpaired) electrons. The first-order valence-electron chi connectivity index (χ1n) is 18.5. The lowest BCUT2D eigenvalue weighted by Gasteiger charge is -2.36. The molecule has 8 unspecified atom stereocenters. The van der Waals surface area contributed by atoms with Crippen LogP contribution in [-0.2, 0) is 9.47 Å². The summed E-state index contributed by atoms with van der Waals surface area (Å²) in [4.78, 5) is 2.60. The third kappa shape index (κ3) is 7.79. The predicted octanol–water partition coefficient (Wildman–Crippen LogP) is 10.00. The Morgan fingerprint density at radius 1 is 0.872 bits per heavy atom. The smallest absolute Gasteiger partial charge is 0.182 e. The van der Waals surface area contributed by atoms with Crippen molar-refractivity contribution in [3.05, 3.63) is 47.0 Å². The molecule has 0 aromatic carbocycles. The molecular weight excluding hydrogens is 630 g/mol. The van der Waals surface area contributed by atoms with Crippen molar-refractivity contribution in [1.82, 2.24) is 4.90 Å². The van der Waals surface area contributed by atoms with Crippen molar-refractivity contribution in [2.75, 3.05) is 27.3 Å². The van der Waals surface area contributed by atoms with Crippen molar-refractivity contribution in [3.63, 3.8) is 0 Å². The van der Waals surface area contributed by atoms with E-state index in [1.165, 1.54) is 11.4 Å². The van der Waals surface area contributed by atoms with Crippen LogP contribution in [0.5, 0.6) is 0 Å². The molecule has 2 aliphatic heterocycles. The quantitative estimate of drug-likeness (QED) is 0.159. The van der Waals surface area contributed by atoms with Gasteiger partial charge in [-0.2, -0.15) is 0 Å². The van der Waals surface area contributed by atoms with E-state index in [2.05, 4.69) is 75.3 Å². The van der Waals surface area contributed by atoms with Gasteiger partial charge in [0.25, 0.3) is 0 Å². The number of methoxy groups -OCH3 is 2. The Hall–Kier alpha value is -1.14. The van der Waals surface area contributed by atoms with Gasteiger partial charge in [-0.1, -0.05) is 19.9 Å². The standard InChI is InChI=1S/C40H62Cl2FN2O2/c1-26(46-7)20-22-44-34-24-30(41)14-16-32(34)39(3,4)36(44)18-12-28-10-9-11-29(38(28)43)13-19-37-40(5,6)33-17-15-31(42)25-35(33)45(37)23-21-27(2)47-8/h12-13,18-19,26-27,30-35H,9-11,14-17,20-25H2,1-8H3/q+1. The Bertz CT molecular complexity index is 1280. The van der Waals surface area contributed by atoms with Gasteiger partial charge in [0.2, 0.25) is 0 Å². The highest BCUT2D eigenvalue weighted by molar-refractivity contribution is 6.20. The molecule has 0 bridgehead atoms. The molecule has 0 aromatic heterocycles. The molecule has 0 spiro atoms. The summed E-state index contributed by atoms with van der Waals surface area (Å²) in [6.45, 7) is 15.7. The first kappa shape index (κ1) is 37.1. The number of likely N-dealkylation sites (tertiary alicyclic amines) is 1. The highest BCUT2D eigenvalue weighted by Gasteiger charge is 2.55. The molecule has 3 aliphatic carbocycles. The average molecular weight is 693 g/mol. The van der Waals surface area contributed by atoms with Gasteiger partial charge in [-0.05, 0) is 115 Å². The van der Waals surface area contributed by atoms with Crippen molar-refractivity contribution in [2.24, 2.45) is 22.7 Å². The van der Waals surface area contributed by atoms with E-state index >= 15 is 4.39 Å². The maximum atomic E-state index is 16.4. The number of allylic oxidation sites excluding steroid dienone is 8. The van der Waals surface area contributed by atoms with Crippen LogP contribution in [0.1, 0.15) is 112 Å². The van der Waals surface area contributed by atoms with Gasteiger partial charge in [0.05, 0.1) is 17.6 Å². The molecule has 2 saturated carbocycles. The fourth-order valence-corrected chi connectivity index (χ4v) is 10.3. The van der Waals surface area contributed by atoms with Crippen LogP contribution in [0.25, 0.3) is 0 Å². The number of halogens is 3. The zero-order valence-corrected chi connectivity index (χ0v) is 32.0. The first-order valence-corrected chi connectivity index (χ1v) is 19.4. The van der Waals surface area contributed by atoms with Crippen molar-refractivity contribution in [2.45, 2.75) is 147 Å². The third-order valence-electron chi connectivity index (χ3n) is 12.8. The molecule has 0 N–H and O–H groups in total. The molecule has 1 saturated heterocycles. The number of hydrogen-bond acceptors (Lipinski definition) is 3. The van der Waals surface area contributed by atoms with E-state index < -0.39 is 0 Å². The topological polar surface area (TPSA) is 24.7 Å². The van der Waals surface area contributed by atoms with Crippen LogP contribution < -0.4 is 0 Å². The summed E-state index contributed by atoms with van der Waals surface area (Å²) in [5, 5.41) is 0.449. The number of nitrogens with zero attached hydrogens (tertiary/aromatic N) is 2. The largest absolute Gasteiger partial charge is 0.382 e. The van der Waals surface area contributed by atoms with Crippen LogP contribution in [0.15, 0.2) is 47.0 Å². The van der Waals surface area contributed by atoms with E-state index in [0.29, 0.717) is 23.9 Å². The Kier molecular flexibility index (Phi) is 12.2. The number of ether oxygens (including phenoxy) is 2. The molecule has 5 rings (SSSR count). The summed E-state index contributed by atoms with van der Waals surface area (Å²) in [5.74, 6) is 1.08. The van der Waals surface area contributed by atoms with Gasteiger partial charge in [0.1, 0.15) is 12.4 Å². The average Bonchev–Trinajstić information content (AvgIpc) is 3.37. The molecular formula is C40H62Cl2FN2O2+. The van der Waals surface area contributed by atoms with E-state index in [1.54, 1.807) is 14.2 Å². The van der Waals surface area contributed by atoms with E-state index in [-0.39, 0.29) is 39.6 Å². The summed E-state index contributed by atoms with van der Waals surface area (Å²) in [6, 6.07) is 0.860. The number of rotatable bonds is 11. The van der Waals surface area contributed by atoms with Gasteiger partial charge in [0, 0.05) is 73.5 Å². The van der Waals surface area contributed by atoms with Crippen molar-refractivity contribution >= 4 is 28.9 Å². The molecule has 5 aliphatic rings. The van der Waals surface area contributed by atoms with Crippen LogP contribution >= 0.6 is 23.2 Å². The Balaban J connectivity index is 1.45. The molecule has 7 heteroatoms. The van der Waals surface area contributed by atoms with E-state index in [1.807, 2.05) is 0 Å². The minimum atomic E-state index is -0.0351. The van der Waals surface area contributed by atoms with Crippen LogP contribution in [0.4, 0.5) is 4.39 Å².